The summed E-state index contributed by atoms with van der Waals surface area (Å²) in [6, 6.07) is 8.10. The molecule has 0 fully saturated rings. The summed E-state index contributed by atoms with van der Waals surface area (Å²) in [5.41, 5.74) is 0.974. The molecule has 17 heavy (non-hydrogen) atoms. The molecule has 0 aliphatic heterocycles. The summed E-state index contributed by atoms with van der Waals surface area (Å²) in [7, 11) is 0. The van der Waals surface area contributed by atoms with Crippen LogP contribution in [0, 0.1) is 0 Å². The Labute approximate surface area is 104 Å². The van der Waals surface area contributed by atoms with Crippen molar-refractivity contribution in [3.8, 4) is 0 Å². The highest BCUT2D eigenvalue weighted by atomic mass is 32.1. The van der Waals surface area contributed by atoms with Gasteiger partial charge in [0.05, 0.1) is 10.2 Å². The van der Waals surface area contributed by atoms with Crippen molar-refractivity contribution in [3.05, 3.63) is 35.3 Å². The van der Waals surface area contributed by atoms with E-state index in [4.69, 9.17) is 0 Å². The van der Waals surface area contributed by atoms with Gasteiger partial charge in [0.2, 0.25) is 5.91 Å². The van der Waals surface area contributed by atoms with Crippen LogP contribution in [0.3, 0.4) is 0 Å². The summed E-state index contributed by atoms with van der Waals surface area (Å²) >= 11 is 1.58. The molecule has 2 rings (SSSR count). The highest BCUT2D eigenvalue weighted by Gasteiger charge is 2.01. The lowest BCUT2D eigenvalue weighted by atomic mass is 10.3. The number of rotatable bonds is 3. The Hall–Kier alpha value is -1.68. The lowest BCUT2D eigenvalue weighted by Crippen LogP contribution is -2.28. The van der Waals surface area contributed by atoms with Gasteiger partial charge in [0.25, 0.3) is 0 Å². The molecule has 1 amide bonds. The standard InChI is InChI=1S/C13H14N2OS/c1-9(2)14-12(16)7-8-13-15-10-5-3-4-6-11(10)17-13/h3-9H,1-2H3,(H,14,16)/b8-7+. The lowest BCUT2D eigenvalue weighted by Gasteiger charge is -2.03. The second-order valence-corrected chi connectivity index (χ2v) is 5.08. The fourth-order valence-electron chi connectivity index (χ4n) is 1.44. The first-order chi connectivity index (χ1) is 8.15. The molecule has 0 radical (unpaired) electrons. The first kappa shape index (κ1) is 11.8. The van der Waals surface area contributed by atoms with Crippen LogP contribution < -0.4 is 5.32 Å². The van der Waals surface area contributed by atoms with Crippen LogP contribution in [0.4, 0.5) is 0 Å². The molecule has 88 valence electrons. The summed E-state index contributed by atoms with van der Waals surface area (Å²) in [6.07, 6.45) is 3.28. The molecule has 3 nitrogen and oxygen atoms in total. The fraction of sp³-hybridized carbons (Fsp3) is 0.231. The maximum atomic E-state index is 11.4. The van der Waals surface area contributed by atoms with Gasteiger partial charge >= 0.3 is 0 Å². The summed E-state index contributed by atoms with van der Waals surface area (Å²) in [6.45, 7) is 3.87. The second kappa shape index (κ2) is 5.10. The molecule has 0 saturated carbocycles. The van der Waals surface area contributed by atoms with E-state index in [2.05, 4.69) is 10.3 Å². The fourth-order valence-corrected chi connectivity index (χ4v) is 2.31. The van der Waals surface area contributed by atoms with E-state index in [1.165, 1.54) is 6.08 Å². The highest BCUT2D eigenvalue weighted by Crippen LogP contribution is 2.22. The number of nitrogens with zero attached hydrogens (tertiary/aromatic N) is 1. The number of para-hydroxylation sites is 1. The molecule has 0 unspecified atom stereocenters. The molecule has 1 aromatic carbocycles. The van der Waals surface area contributed by atoms with E-state index >= 15 is 0 Å². The molecule has 1 heterocycles. The molecule has 1 aromatic heterocycles. The average molecular weight is 246 g/mol. The van der Waals surface area contributed by atoms with E-state index in [0.717, 1.165) is 15.2 Å². The number of amides is 1. The molecule has 0 bridgehead atoms. The van der Waals surface area contributed by atoms with Crippen LogP contribution in [0.25, 0.3) is 16.3 Å². The number of fused-ring (bicyclic) bond motifs is 1. The van der Waals surface area contributed by atoms with E-state index in [9.17, 15) is 4.79 Å². The molecule has 4 heteroatoms. The first-order valence-electron chi connectivity index (χ1n) is 5.49. The van der Waals surface area contributed by atoms with Crippen LogP contribution in [0.15, 0.2) is 30.3 Å². The Balaban J connectivity index is 2.13. The minimum absolute atomic E-state index is 0.0840. The third-order valence-electron chi connectivity index (χ3n) is 2.12. The lowest BCUT2D eigenvalue weighted by molar-refractivity contribution is -0.116. The summed E-state index contributed by atoms with van der Waals surface area (Å²) in [5.74, 6) is -0.0840. The molecule has 1 N–H and O–H groups in total. The molecular weight excluding hydrogens is 232 g/mol. The Morgan fingerprint density at radius 2 is 2.18 bits per heavy atom. The normalized spacial score (nSPS) is 11.5. The van der Waals surface area contributed by atoms with Crippen molar-refractivity contribution < 1.29 is 4.79 Å². The Morgan fingerprint density at radius 3 is 2.88 bits per heavy atom. The number of aromatic nitrogens is 1. The number of nitrogens with one attached hydrogen (secondary N) is 1. The van der Waals surface area contributed by atoms with Crippen LogP contribution >= 0.6 is 11.3 Å². The van der Waals surface area contributed by atoms with Crippen molar-refractivity contribution in [3.63, 3.8) is 0 Å². The van der Waals surface area contributed by atoms with Crippen LogP contribution in [0.1, 0.15) is 18.9 Å². The summed E-state index contributed by atoms with van der Waals surface area (Å²) < 4.78 is 1.14. The first-order valence-corrected chi connectivity index (χ1v) is 6.31. The van der Waals surface area contributed by atoms with Crippen LogP contribution in [0.2, 0.25) is 0 Å². The Kier molecular flexibility index (Phi) is 3.54. The zero-order valence-electron chi connectivity index (χ0n) is 9.81. The smallest absolute Gasteiger partial charge is 0.244 e. The molecular formula is C13H14N2OS. The van der Waals surface area contributed by atoms with Gasteiger partial charge in [-0.25, -0.2) is 4.98 Å². The van der Waals surface area contributed by atoms with Gasteiger partial charge in [-0.3, -0.25) is 4.79 Å². The Morgan fingerprint density at radius 1 is 1.41 bits per heavy atom. The summed E-state index contributed by atoms with van der Waals surface area (Å²) in [5, 5.41) is 3.65. The number of thiazole rings is 1. The second-order valence-electron chi connectivity index (χ2n) is 4.02. The van der Waals surface area contributed by atoms with Gasteiger partial charge < -0.3 is 5.32 Å². The quantitative estimate of drug-likeness (QED) is 0.846. The average Bonchev–Trinajstić information content (AvgIpc) is 2.68. The largest absolute Gasteiger partial charge is 0.350 e. The minimum Gasteiger partial charge on any atom is -0.350 e. The van der Waals surface area contributed by atoms with Gasteiger partial charge in [-0.05, 0) is 32.1 Å². The molecule has 0 spiro atoms. The SMILES string of the molecule is CC(C)NC(=O)/C=C/c1nc2ccccc2s1. The number of hydrogen-bond acceptors (Lipinski definition) is 3. The molecule has 0 aliphatic carbocycles. The predicted molar refractivity (Wildman–Crippen MR) is 71.9 cm³/mol. The number of hydrogen-bond donors (Lipinski definition) is 1. The zero-order chi connectivity index (χ0) is 12.3. The Bertz CT molecular complexity index is 524. The van der Waals surface area contributed by atoms with Gasteiger partial charge in [0.15, 0.2) is 0 Å². The van der Waals surface area contributed by atoms with Crippen molar-refractivity contribution in [1.82, 2.24) is 10.3 Å². The highest BCUT2D eigenvalue weighted by molar-refractivity contribution is 7.19. The number of carbonyl (C=O) groups is 1. The van der Waals surface area contributed by atoms with Gasteiger partial charge in [-0.1, -0.05) is 12.1 Å². The van der Waals surface area contributed by atoms with Crippen LogP contribution in [0.5, 0.6) is 0 Å². The van der Waals surface area contributed by atoms with Crippen LogP contribution in [-0.4, -0.2) is 16.9 Å². The predicted octanol–water partition coefficient (Wildman–Crippen LogP) is 2.83. The number of benzene rings is 1. The maximum absolute atomic E-state index is 11.4. The van der Waals surface area contributed by atoms with Gasteiger partial charge in [0, 0.05) is 12.1 Å². The van der Waals surface area contributed by atoms with E-state index in [0.29, 0.717) is 0 Å². The van der Waals surface area contributed by atoms with Gasteiger partial charge in [-0.2, -0.15) is 0 Å². The number of carbonyl (C=O) groups excluding carboxylic acids is 1. The molecule has 2 aromatic rings. The molecule has 0 aliphatic rings. The monoisotopic (exact) mass is 246 g/mol. The maximum Gasteiger partial charge on any atom is 0.244 e. The van der Waals surface area contributed by atoms with Crippen molar-refractivity contribution in [2.24, 2.45) is 0 Å². The van der Waals surface area contributed by atoms with E-state index in [1.807, 2.05) is 38.1 Å². The van der Waals surface area contributed by atoms with Crippen molar-refractivity contribution in [1.29, 1.82) is 0 Å². The van der Waals surface area contributed by atoms with E-state index in [1.54, 1.807) is 17.4 Å². The van der Waals surface area contributed by atoms with Crippen molar-refractivity contribution in [2.45, 2.75) is 19.9 Å². The third-order valence-corrected chi connectivity index (χ3v) is 3.12. The van der Waals surface area contributed by atoms with E-state index in [-0.39, 0.29) is 11.9 Å². The summed E-state index contributed by atoms with van der Waals surface area (Å²) in [4.78, 5) is 15.8. The topological polar surface area (TPSA) is 42.0 Å². The third kappa shape index (κ3) is 3.14. The minimum atomic E-state index is -0.0840. The molecule has 0 atom stereocenters. The van der Waals surface area contributed by atoms with Gasteiger partial charge in [-0.15, -0.1) is 11.3 Å². The van der Waals surface area contributed by atoms with Crippen molar-refractivity contribution >= 4 is 33.5 Å². The van der Waals surface area contributed by atoms with Crippen LogP contribution in [-0.2, 0) is 4.79 Å². The van der Waals surface area contributed by atoms with Gasteiger partial charge in [0.1, 0.15) is 5.01 Å². The van der Waals surface area contributed by atoms with E-state index < -0.39 is 0 Å². The zero-order valence-corrected chi connectivity index (χ0v) is 10.6. The van der Waals surface area contributed by atoms with Crippen molar-refractivity contribution in [2.75, 3.05) is 0 Å². The molecule has 0 saturated heterocycles.